The van der Waals surface area contributed by atoms with Crippen molar-refractivity contribution in [2.45, 2.75) is 69.9 Å². The summed E-state index contributed by atoms with van der Waals surface area (Å²) in [4.78, 5) is 44.6. The van der Waals surface area contributed by atoms with E-state index in [1.807, 2.05) is 24.3 Å². The van der Waals surface area contributed by atoms with Crippen LogP contribution in [-0.4, -0.2) is 153 Å². The summed E-state index contributed by atoms with van der Waals surface area (Å²) in [5.74, 6) is 1.41. The first kappa shape index (κ1) is 57.0. The van der Waals surface area contributed by atoms with Crippen LogP contribution in [0, 0.1) is 0 Å². The van der Waals surface area contributed by atoms with Crippen molar-refractivity contribution in [3.05, 3.63) is 94.0 Å². The van der Waals surface area contributed by atoms with Crippen molar-refractivity contribution in [1.29, 1.82) is 0 Å². The number of esters is 2. The molecule has 0 aromatic heterocycles. The standard InChI is InChI=1S/C53H72N2O12.C2H2O4/c1-54(22-18-38-32-48(62-7)50(64-9)34-40(38)42(54)28-36-14-16-44(58-3)46(30-36)60-5)24-20-52(56)66-26-12-11-13-27-67-53(57)21-25-55(2)23-19-39-33-49(63-8)51(65-10)35-41(39)43(55)29-37-15-17-45(59-4)47(31-37)61-6;3-1(4)2(5)6/h14-17,30-35,42-43H,11-13,18-29H2,1-10H3;(H,3,4)(H,5,6)/q+2;. The Morgan fingerprint density at radius 2 is 0.795 bits per heavy atom. The Bertz CT molecular complexity index is 2360. The zero-order chi connectivity index (χ0) is 53.3. The van der Waals surface area contributed by atoms with E-state index in [2.05, 4.69) is 50.5 Å². The zero-order valence-corrected chi connectivity index (χ0v) is 44.0. The monoisotopic (exact) mass is 1020 g/mol. The van der Waals surface area contributed by atoms with Gasteiger partial charge in [-0.05, 0) is 90.0 Å². The largest absolute Gasteiger partial charge is 0.493 e. The molecule has 2 heterocycles. The van der Waals surface area contributed by atoms with Crippen molar-refractivity contribution in [3.8, 4) is 46.0 Å². The average molecular weight is 1020 g/mol. The Labute approximate surface area is 428 Å². The van der Waals surface area contributed by atoms with Crippen LogP contribution in [-0.2, 0) is 54.3 Å². The molecular weight excluding hydrogens is 945 g/mol. The van der Waals surface area contributed by atoms with E-state index in [1.165, 1.54) is 22.3 Å². The number of benzene rings is 4. The molecule has 2 N–H and O–H groups in total. The van der Waals surface area contributed by atoms with Gasteiger partial charge in [-0.15, -0.1) is 0 Å². The highest BCUT2D eigenvalue weighted by molar-refractivity contribution is 6.27. The predicted molar refractivity (Wildman–Crippen MR) is 271 cm³/mol. The van der Waals surface area contributed by atoms with Crippen LogP contribution in [0.2, 0.25) is 0 Å². The van der Waals surface area contributed by atoms with Crippen molar-refractivity contribution >= 4 is 23.9 Å². The summed E-state index contributed by atoms with van der Waals surface area (Å²) in [6.07, 6.45) is 5.85. The van der Waals surface area contributed by atoms with Crippen LogP contribution in [0.1, 0.15) is 77.6 Å². The minimum absolute atomic E-state index is 0.0393. The van der Waals surface area contributed by atoms with Crippen molar-refractivity contribution in [1.82, 2.24) is 0 Å². The van der Waals surface area contributed by atoms with Crippen LogP contribution in [0.3, 0.4) is 0 Å². The van der Waals surface area contributed by atoms with Gasteiger partial charge in [0.15, 0.2) is 46.0 Å². The molecule has 0 radical (unpaired) electrons. The number of aliphatic carboxylic acids is 2. The molecular formula is C55H74N2O16+2. The van der Waals surface area contributed by atoms with Gasteiger partial charge in [0.05, 0.1) is 123 Å². The van der Waals surface area contributed by atoms with Gasteiger partial charge in [-0.25, -0.2) is 9.59 Å². The van der Waals surface area contributed by atoms with Gasteiger partial charge in [-0.3, -0.25) is 9.59 Å². The number of ether oxygens (including phenoxy) is 10. The molecule has 73 heavy (non-hydrogen) atoms. The number of unbranched alkanes of at least 4 members (excludes halogenated alkanes) is 2. The van der Waals surface area contributed by atoms with Crippen molar-refractivity contribution < 1.29 is 85.7 Å². The molecule has 18 heteroatoms. The van der Waals surface area contributed by atoms with Gasteiger partial charge in [0.25, 0.3) is 0 Å². The summed E-state index contributed by atoms with van der Waals surface area (Å²) in [6.45, 7) is 3.57. The number of quaternary nitrogens is 2. The van der Waals surface area contributed by atoms with Gasteiger partial charge in [-0.1, -0.05) is 12.1 Å². The maximum absolute atomic E-state index is 13.2. The lowest BCUT2D eigenvalue weighted by Gasteiger charge is -2.46. The van der Waals surface area contributed by atoms with E-state index >= 15 is 0 Å². The highest BCUT2D eigenvalue weighted by Crippen LogP contribution is 2.45. The smallest absolute Gasteiger partial charge is 0.414 e. The lowest BCUT2D eigenvalue weighted by Crippen LogP contribution is -2.53. The number of carbonyl (C=O) groups excluding carboxylic acids is 2. The molecule has 0 aliphatic carbocycles. The Morgan fingerprint density at radius 3 is 1.12 bits per heavy atom. The second-order valence-electron chi connectivity index (χ2n) is 18.6. The van der Waals surface area contributed by atoms with E-state index < -0.39 is 11.9 Å². The van der Waals surface area contributed by atoms with E-state index in [0.29, 0.717) is 107 Å². The number of carboxylic acid groups (broad SMARTS) is 2. The summed E-state index contributed by atoms with van der Waals surface area (Å²) >= 11 is 0. The third-order valence-electron chi connectivity index (χ3n) is 14.2. The first-order chi connectivity index (χ1) is 35.0. The summed E-state index contributed by atoms with van der Waals surface area (Å²) < 4.78 is 57.8. The third-order valence-corrected chi connectivity index (χ3v) is 14.2. The Morgan fingerprint density at radius 1 is 0.466 bits per heavy atom. The average Bonchev–Trinajstić information content (AvgIpc) is 3.40. The fraction of sp³-hybridized carbons (Fsp3) is 0.491. The molecule has 2 aliphatic rings. The van der Waals surface area contributed by atoms with Crippen LogP contribution in [0.25, 0.3) is 0 Å². The molecule has 0 amide bonds. The number of hydrogen-bond acceptors (Lipinski definition) is 14. The summed E-state index contributed by atoms with van der Waals surface area (Å²) in [5.41, 5.74) is 7.00. The summed E-state index contributed by atoms with van der Waals surface area (Å²) in [7, 11) is 17.6. The minimum atomic E-state index is -1.82. The number of nitrogens with zero attached hydrogens (tertiary/aromatic N) is 2. The Kier molecular flexibility index (Phi) is 20.8. The second kappa shape index (κ2) is 26.7. The molecule has 0 fully saturated rings. The number of fused-ring (bicyclic) bond motifs is 2. The number of likely N-dealkylation sites (N-methyl/N-ethyl adjacent to an activating group) is 2. The van der Waals surface area contributed by atoms with Crippen LogP contribution in [0.5, 0.6) is 46.0 Å². The van der Waals surface area contributed by atoms with E-state index in [1.54, 1.807) is 56.9 Å². The van der Waals surface area contributed by atoms with Crippen molar-refractivity contribution in [2.75, 3.05) is 110 Å². The fourth-order valence-corrected chi connectivity index (χ4v) is 9.91. The van der Waals surface area contributed by atoms with Crippen LogP contribution < -0.4 is 37.9 Å². The molecule has 2 aliphatic heterocycles. The minimum Gasteiger partial charge on any atom is -0.493 e. The van der Waals surface area contributed by atoms with E-state index in [-0.39, 0.29) is 24.0 Å². The molecule has 0 bridgehead atoms. The maximum atomic E-state index is 13.2. The van der Waals surface area contributed by atoms with Crippen LogP contribution >= 0.6 is 0 Å². The Balaban J connectivity index is 0.00000155. The summed E-state index contributed by atoms with van der Waals surface area (Å²) in [5, 5.41) is 14.8. The van der Waals surface area contributed by atoms with Crippen molar-refractivity contribution in [3.63, 3.8) is 0 Å². The number of rotatable bonds is 24. The third kappa shape index (κ3) is 14.6. The van der Waals surface area contributed by atoms with Gasteiger partial charge >= 0.3 is 23.9 Å². The summed E-state index contributed by atoms with van der Waals surface area (Å²) in [6, 6.07) is 20.5. The van der Waals surface area contributed by atoms with Gasteiger partial charge in [-0.2, -0.15) is 0 Å². The normalized spacial score (nSPS) is 18.5. The number of methoxy groups -OCH3 is 8. The number of hydrogen-bond donors (Lipinski definition) is 2. The SMILES string of the molecule is COc1ccc(CC2c3cc(OC)c(OC)cc3CC[N+]2(C)CCC(=O)OCCCCCOC(=O)CC[N+]2(C)CCc3cc(OC)c(OC)cc3C2Cc2ccc(OC)c(OC)c2)cc1OC.O=C(O)C(=O)O. The Hall–Kier alpha value is -6.92. The van der Waals surface area contributed by atoms with E-state index in [4.69, 9.17) is 67.2 Å². The maximum Gasteiger partial charge on any atom is 0.414 e. The lowest BCUT2D eigenvalue weighted by atomic mass is 9.86. The molecule has 398 valence electrons. The second-order valence-corrected chi connectivity index (χ2v) is 18.6. The van der Waals surface area contributed by atoms with Gasteiger partial charge < -0.3 is 66.5 Å². The molecule has 0 saturated carbocycles. The highest BCUT2D eigenvalue weighted by atomic mass is 16.5. The molecule has 0 saturated heterocycles. The van der Waals surface area contributed by atoms with Gasteiger partial charge in [0.2, 0.25) is 0 Å². The van der Waals surface area contributed by atoms with E-state index in [0.717, 1.165) is 56.3 Å². The predicted octanol–water partition coefficient (Wildman–Crippen LogP) is 7.22. The highest BCUT2D eigenvalue weighted by Gasteiger charge is 2.42. The molecule has 4 aromatic rings. The number of carboxylic acids is 2. The number of carbonyl (C=O) groups is 4. The molecule has 18 nitrogen and oxygen atoms in total. The van der Waals surface area contributed by atoms with Gasteiger partial charge in [0, 0.05) is 36.8 Å². The lowest BCUT2D eigenvalue weighted by molar-refractivity contribution is -0.940. The van der Waals surface area contributed by atoms with Gasteiger partial charge in [0.1, 0.15) is 12.1 Å². The molecule has 4 aromatic carbocycles. The van der Waals surface area contributed by atoms with Crippen molar-refractivity contribution in [2.24, 2.45) is 0 Å². The van der Waals surface area contributed by atoms with E-state index in [9.17, 15) is 9.59 Å². The van der Waals surface area contributed by atoms with Crippen LogP contribution in [0.4, 0.5) is 0 Å². The molecule has 0 spiro atoms. The quantitative estimate of drug-likeness (QED) is 0.0308. The molecule has 4 unspecified atom stereocenters. The molecule has 4 atom stereocenters. The zero-order valence-electron chi connectivity index (χ0n) is 44.0. The van der Waals surface area contributed by atoms with Crippen LogP contribution in [0.15, 0.2) is 60.7 Å². The molecule has 6 rings (SSSR count). The first-order valence-corrected chi connectivity index (χ1v) is 24.4. The topological polar surface area (TPSA) is 201 Å². The first-order valence-electron chi connectivity index (χ1n) is 24.4. The fourth-order valence-electron chi connectivity index (χ4n) is 9.91.